The van der Waals surface area contributed by atoms with E-state index in [4.69, 9.17) is 17.3 Å². The van der Waals surface area contributed by atoms with Gasteiger partial charge in [-0.3, -0.25) is 0 Å². The van der Waals surface area contributed by atoms with E-state index in [-0.39, 0.29) is 0 Å². The Morgan fingerprint density at radius 3 is 2.41 bits per heavy atom. The van der Waals surface area contributed by atoms with Gasteiger partial charge in [0.2, 0.25) is 5.95 Å². The van der Waals surface area contributed by atoms with Gasteiger partial charge < -0.3 is 15.6 Å². The molecule has 34 heavy (non-hydrogen) atoms. The highest BCUT2D eigenvalue weighted by molar-refractivity contribution is 6.32. The van der Waals surface area contributed by atoms with Crippen LogP contribution in [0.5, 0.6) is 0 Å². The molecule has 0 bridgehead atoms. The normalized spacial score (nSPS) is 12.2. The summed E-state index contributed by atoms with van der Waals surface area (Å²) < 4.78 is 2.23. The molecular weight excluding hydrogens is 444 g/mol. The molecule has 1 unspecified atom stereocenters. The minimum atomic E-state index is 0.312. The Morgan fingerprint density at radius 2 is 1.74 bits per heavy atom. The number of hydrogen-bond donors (Lipinski definition) is 2. The van der Waals surface area contributed by atoms with Crippen LogP contribution in [0.3, 0.4) is 0 Å². The second kappa shape index (κ2) is 10.8. The predicted molar refractivity (Wildman–Crippen MR) is 140 cm³/mol. The summed E-state index contributed by atoms with van der Waals surface area (Å²) in [5.74, 6) is 2.36. The van der Waals surface area contributed by atoms with Crippen molar-refractivity contribution in [3.63, 3.8) is 0 Å². The summed E-state index contributed by atoms with van der Waals surface area (Å²) in [5, 5.41) is 3.80. The zero-order valence-corrected chi connectivity index (χ0v) is 20.6. The molecule has 0 amide bonds. The Balaban J connectivity index is 1.43. The van der Waals surface area contributed by atoms with Crippen molar-refractivity contribution < 1.29 is 0 Å². The molecule has 2 heterocycles. The second-order valence-electron chi connectivity index (χ2n) is 8.85. The van der Waals surface area contributed by atoms with E-state index in [0.29, 0.717) is 35.0 Å². The molecule has 2 aromatic carbocycles. The van der Waals surface area contributed by atoms with Crippen molar-refractivity contribution in [1.82, 2.24) is 19.5 Å². The van der Waals surface area contributed by atoms with Gasteiger partial charge in [0.25, 0.3) is 0 Å². The summed E-state index contributed by atoms with van der Waals surface area (Å²) >= 11 is 6.41. The van der Waals surface area contributed by atoms with Crippen molar-refractivity contribution in [2.75, 3.05) is 11.9 Å². The lowest BCUT2D eigenvalue weighted by Gasteiger charge is -2.12. The SMILES string of the molecule is CC(C)c1nccn1CCc1ccc(Nc2ncc(Cl)c(-c3ccc(C(C)CN)cc3)n2)cc1. The third-order valence-electron chi connectivity index (χ3n) is 5.97. The van der Waals surface area contributed by atoms with Gasteiger partial charge in [0.1, 0.15) is 5.82 Å². The molecule has 0 aliphatic heterocycles. The zero-order valence-electron chi connectivity index (χ0n) is 19.9. The summed E-state index contributed by atoms with van der Waals surface area (Å²) in [7, 11) is 0. The van der Waals surface area contributed by atoms with Crippen molar-refractivity contribution in [2.24, 2.45) is 5.73 Å². The minimum Gasteiger partial charge on any atom is -0.334 e. The molecular formula is C27H31ClN6. The molecule has 0 saturated carbocycles. The van der Waals surface area contributed by atoms with Gasteiger partial charge in [-0.1, -0.05) is 68.8 Å². The molecule has 4 rings (SSSR count). The molecule has 0 fully saturated rings. The maximum Gasteiger partial charge on any atom is 0.227 e. The lowest BCUT2D eigenvalue weighted by molar-refractivity contribution is 0.619. The molecule has 176 valence electrons. The van der Waals surface area contributed by atoms with Crippen LogP contribution in [0.4, 0.5) is 11.6 Å². The first kappa shape index (κ1) is 23.9. The summed E-state index contributed by atoms with van der Waals surface area (Å²) in [5.41, 5.74) is 10.8. The van der Waals surface area contributed by atoms with Crippen LogP contribution in [0.25, 0.3) is 11.3 Å². The summed E-state index contributed by atoms with van der Waals surface area (Å²) in [6, 6.07) is 16.6. The van der Waals surface area contributed by atoms with E-state index in [1.807, 2.05) is 36.7 Å². The first-order valence-corrected chi connectivity index (χ1v) is 12.0. The zero-order chi connectivity index (χ0) is 24.1. The highest BCUT2D eigenvalue weighted by Gasteiger charge is 2.11. The largest absolute Gasteiger partial charge is 0.334 e. The van der Waals surface area contributed by atoms with E-state index in [1.54, 1.807) is 6.20 Å². The molecule has 0 spiro atoms. The fourth-order valence-corrected chi connectivity index (χ4v) is 4.08. The van der Waals surface area contributed by atoms with E-state index in [1.165, 1.54) is 11.1 Å². The molecule has 0 radical (unpaired) electrons. The Kier molecular flexibility index (Phi) is 7.60. The average Bonchev–Trinajstić information content (AvgIpc) is 3.33. The third kappa shape index (κ3) is 5.64. The topological polar surface area (TPSA) is 81.7 Å². The molecule has 3 N–H and O–H groups in total. The molecule has 1 atom stereocenters. The standard InChI is InChI=1S/C27H31ClN6/c1-18(2)26-30-13-15-34(26)14-12-20-4-10-23(11-5-20)32-27-31-17-24(28)25(33-27)22-8-6-21(7-9-22)19(3)16-29/h4-11,13,15,17-19H,12,14,16,29H2,1-3H3,(H,31,32,33). The number of rotatable bonds is 9. The van der Waals surface area contributed by atoms with Gasteiger partial charge in [-0.2, -0.15) is 0 Å². The molecule has 7 heteroatoms. The molecule has 6 nitrogen and oxygen atoms in total. The third-order valence-corrected chi connectivity index (χ3v) is 6.24. The van der Waals surface area contributed by atoms with Crippen LogP contribution in [-0.4, -0.2) is 26.1 Å². The van der Waals surface area contributed by atoms with E-state index in [2.05, 4.69) is 69.9 Å². The van der Waals surface area contributed by atoms with Gasteiger partial charge in [-0.05, 0) is 42.1 Å². The number of imidazole rings is 1. The smallest absolute Gasteiger partial charge is 0.227 e. The first-order chi connectivity index (χ1) is 16.4. The van der Waals surface area contributed by atoms with Crippen molar-refractivity contribution in [1.29, 1.82) is 0 Å². The number of aryl methyl sites for hydroxylation is 2. The molecule has 2 aromatic heterocycles. The van der Waals surface area contributed by atoms with Gasteiger partial charge in [0, 0.05) is 36.1 Å². The number of nitrogens with zero attached hydrogens (tertiary/aromatic N) is 4. The molecule has 0 aliphatic carbocycles. The summed E-state index contributed by atoms with van der Waals surface area (Å²) in [6.07, 6.45) is 6.50. The maximum atomic E-state index is 6.41. The lowest BCUT2D eigenvalue weighted by Crippen LogP contribution is -2.08. The van der Waals surface area contributed by atoms with Crippen molar-refractivity contribution in [3.05, 3.63) is 89.1 Å². The fraction of sp³-hybridized carbons (Fsp3) is 0.296. The van der Waals surface area contributed by atoms with E-state index >= 15 is 0 Å². The molecule has 0 saturated heterocycles. The van der Waals surface area contributed by atoms with Crippen molar-refractivity contribution in [2.45, 2.75) is 45.6 Å². The van der Waals surface area contributed by atoms with Gasteiger partial charge in [-0.25, -0.2) is 15.0 Å². The van der Waals surface area contributed by atoms with E-state index in [9.17, 15) is 0 Å². The highest BCUT2D eigenvalue weighted by atomic mass is 35.5. The highest BCUT2D eigenvalue weighted by Crippen LogP contribution is 2.28. The second-order valence-corrected chi connectivity index (χ2v) is 9.26. The first-order valence-electron chi connectivity index (χ1n) is 11.6. The van der Waals surface area contributed by atoms with Crippen molar-refractivity contribution >= 4 is 23.2 Å². The average molecular weight is 475 g/mol. The number of nitrogens with one attached hydrogen (secondary N) is 1. The van der Waals surface area contributed by atoms with Crippen LogP contribution in [0.15, 0.2) is 67.1 Å². The van der Waals surface area contributed by atoms with Gasteiger partial charge in [0.05, 0.1) is 16.9 Å². The van der Waals surface area contributed by atoms with Gasteiger partial charge in [0.15, 0.2) is 0 Å². The van der Waals surface area contributed by atoms with E-state index in [0.717, 1.165) is 30.0 Å². The lowest BCUT2D eigenvalue weighted by atomic mass is 9.99. The van der Waals surface area contributed by atoms with Crippen LogP contribution in [0.2, 0.25) is 5.02 Å². The Morgan fingerprint density at radius 1 is 1.00 bits per heavy atom. The Labute approximate surface area is 206 Å². The van der Waals surface area contributed by atoms with Crippen molar-refractivity contribution in [3.8, 4) is 11.3 Å². The van der Waals surface area contributed by atoms with Crippen LogP contribution in [-0.2, 0) is 13.0 Å². The summed E-state index contributed by atoms with van der Waals surface area (Å²) in [4.78, 5) is 13.5. The van der Waals surface area contributed by atoms with Crippen LogP contribution in [0.1, 0.15) is 49.6 Å². The number of hydrogen-bond acceptors (Lipinski definition) is 5. The quantitative estimate of drug-likeness (QED) is 0.303. The van der Waals surface area contributed by atoms with Gasteiger partial charge >= 0.3 is 0 Å². The predicted octanol–water partition coefficient (Wildman–Crippen LogP) is 6.17. The number of nitrogens with two attached hydrogens (primary N) is 1. The van der Waals surface area contributed by atoms with Crippen LogP contribution >= 0.6 is 11.6 Å². The number of halogens is 1. The van der Waals surface area contributed by atoms with Gasteiger partial charge in [-0.15, -0.1) is 0 Å². The van der Waals surface area contributed by atoms with Crippen LogP contribution in [0, 0.1) is 0 Å². The number of aromatic nitrogens is 4. The summed E-state index contributed by atoms with van der Waals surface area (Å²) in [6.45, 7) is 7.97. The maximum absolute atomic E-state index is 6.41. The van der Waals surface area contributed by atoms with Crippen LogP contribution < -0.4 is 11.1 Å². The minimum absolute atomic E-state index is 0.312. The Hall–Kier alpha value is -3.22. The monoisotopic (exact) mass is 474 g/mol. The fourth-order valence-electron chi connectivity index (χ4n) is 3.88. The number of benzene rings is 2. The number of anilines is 2. The molecule has 0 aliphatic rings. The van der Waals surface area contributed by atoms with E-state index < -0.39 is 0 Å². The Bertz CT molecular complexity index is 1210. The molecule has 4 aromatic rings.